The molecule has 0 radical (unpaired) electrons. The Balaban J connectivity index is 1.65. The fourth-order valence-electron chi connectivity index (χ4n) is 4.90. The van der Waals surface area contributed by atoms with Gasteiger partial charge in [0, 0.05) is 37.3 Å². The second-order valence-corrected chi connectivity index (χ2v) is 9.26. The summed E-state index contributed by atoms with van der Waals surface area (Å²) in [7, 11) is 1.97. The molecule has 1 aromatic rings. The van der Waals surface area contributed by atoms with Crippen molar-refractivity contribution < 1.29 is 14.4 Å². The number of fused-ring (bicyclic) bond motifs is 1. The maximum absolute atomic E-state index is 13.0. The summed E-state index contributed by atoms with van der Waals surface area (Å²) in [5.41, 5.74) is 3.96. The molecule has 8 nitrogen and oxygen atoms in total. The van der Waals surface area contributed by atoms with Gasteiger partial charge in [0.05, 0.1) is 5.70 Å². The summed E-state index contributed by atoms with van der Waals surface area (Å²) < 4.78 is 0. The lowest BCUT2D eigenvalue weighted by Crippen LogP contribution is -2.51. The molecule has 2 amide bonds. The smallest absolute Gasteiger partial charge is 0.269 e. The Morgan fingerprint density at radius 3 is 2.66 bits per heavy atom. The standard InChI is InChI=1S/C24H31N5O3/c1-14(2)22(31)27-20-11-18-16(12-25-20)10-17(19(13-30)26-18)15(3)21-23(32)28-24(29(21)4)8-6-5-7-9-24/h11-14,26H,5-10H2,1-4H3,(H,28,32)(H,25,27,31)/b21-15-. The molecule has 0 unspecified atom stereocenters. The highest BCUT2D eigenvalue weighted by atomic mass is 16.2. The van der Waals surface area contributed by atoms with Gasteiger partial charge in [-0.05, 0) is 49.3 Å². The minimum Gasteiger partial charge on any atom is -0.352 e. The third-order valence-corrected chi connectivity index (χ3v) is 6.87. The minimum atomic E-state index is -0.321. The Morgan fingerprint density at radius 2 is 2.00 bits per heavy atom. The van der Waals surface area contributed by atoms with E-state index in [9.17, 15) is 14.4 Å². The van der Waals surface area contributed by atoms with Crippen LogP contribution < -0.4 is 16.0 Å². The molecule has 2 fully saturated rings. The highest BCUT2D eigenvalue weighted by molar-refractivity contribution is 5.98. The van der Waals surface area contributed by atoms with E-state index in [0.29, 0.717) is 23.6 Å². The first kappa shape index (κ1) is 22.0. The molecular formula is C24H31N5O3. The maximum Gasteiger partial charge on any atom is 0.269 e. The van der Waals surface area contributed by atoms with Gasteiger partial charge in [-0.15, -0.1) is 0 Å². The Morgan fingerprint density at radius 1 is 1.28 bits per heavy atom. The lowest BCUT2D eigenvalue weighted by molar-refractivity contribution is -0.119. The number of anilines is 2. The van der Waals surface area contributed by atoms with Crippen molar-refractivity contribution in [1.29, 1.82) is 0 Å². The van der Waals surface area contributed by atoms with Gasteiger partial charge in [-0.25, -0.2) is 4.98 Å². The second kappa shape index (κ2) is 8.41. The van der Waals surface area contributed by atoms with Crippen LogP contribution in [0.5, 0.6) is 0 Å². The fraction of sp³-hybridized carbons (Fsp3) is 0.500. The summed E-state index contributed by atoms with van der Waals surface area (Å²) in [6, 6.07) is 1.74. The monoisotopic (exact) mass is 437 g/mol. The Hall–Kier alpha value is -3.16. The molecular weight excluding hydrogens is 406 g/mol. The Kier molecular flexibility index (Phi) is 5.79. The van der Waals surface area contributed by atoms with Crippen molar-refractivity contribution in [1.82, 2.24) is 15.2 Å². The van der Waals surface area contributed by atoms with Crippen molar-refractivity contribution in [3.63, 3.8) is 0 Å². The number of carbonyl (C=O) groups is 3. The second-order valence-electron chi connectivity index (χ2n) is 9.26. The first-order valence-electron chi connectivity index (χ1n) is 11.3. The summed E-state index contributed by atoms with van der Waals surface area (Å²) in [5, 5.41) is 9.19. The van der Waals surface area contributed by atoms with Gasteiger partial charge in [0.1, 0.15) is 17.2 Å². The molecule has 3 N–H and O–H groups in total. The minimum absolute atomic E-state index is 0.0830. The van der Waals surface area contributed by atoms with Gasteiger partial charge in [0.25, 0.3) is 5.91 Å². The zero-order valence-electron chi connectivity index (χ0n) is 19.2. The van der Waals surface area contributed by atoms with Crippen molar-refractivity contribution in [2.45, 2.75) is 65.0 Å². The van der Waals surface area contributed by atoms with Gasteiger partial charge in [0.15, 0.2) is 6.29 Å². The first-order chi connectivity index (χ1) is 15.3. The summed E-state index contributed by atoms with van der Waals surface area (Å²) in [5.74, 6) is 0.0786. The molecule has 3 aliphatic rings. The quantitative estimate of drug-likeness (QED) is 0.494. The van der Waals surface area contributed by atoms with Gasteiger partial charge in [-0.3, -0.25) is 14.4 Å². The van der Waals surface area contributed by atoms with Gasteiger partial charge < -0.3 is 20.9 Å². The van der Waals surface area contributed by atoms with Crippen molar-refractivity contribution in [2.24, 2.45) is 5.92 Å². The lowest BCUT2D eigenvalue weighted by Gasteiger charge is -2.40. The van der Waals surface area contributed by atoms with Crippen molar-refractivity contribution >= 4 is 29.6 Å². The zero-order valence-corrected chi connectivity index (χ0v) is 19.2. The van der Waals surface area contributed by atoms with Crippen LogP contribution in [0.15, 0.2) is 34.8 Å². The van der Waals surface area contributed by atoms with E-state index in [1.165, 1.54) is 6.42 Å². The molecule has 3 heterocycles. The third kappa shape index (κ3) is 3.78. The molecule has 0 bridgehead atoms. The number of carbonyl (C=O) groups excluding carboxylic acids is 3. The van der Waals surface area contributed by atoms with Gasteiger partial charge >= 0.3 is 0 Å². The summed E-state index contributed by atoms with van der Waals surface area (Å²) >= 11 is 0. The number of hydrogen-bond donors (Lipinski definition) is 3. The number of pyridine rings is 1. The van der Waals surface area contributed by atoms with Crippen LogP contribution in [-0.4, -0.2) is 40.7 Å². The predicted octanol–water partition coefficient (Wildman–Crippen LogP) is 3.09. The van der Waals surface area contributed by atoms with Crippen LogP contribution in [0.3, 0.4) is 0 Å². The lowest BCUT2D eigenvalue weighted by atomic mass is 9.88. The summed E-state index contributed by atoms with van der Waals surface area (Å²) in [4.78, 5) is 43.4. The molecule has 2 aliphatic heterocycles. The average molecular weight is 438 g/mol. The van der Waals surface area contributed by atoms with Crippen LogP contribution in [-0.2, 0) is 20.8 Å². The Labute approximate surface area is 188 Å². The number of amides is 2. The predicted molar refractivity (Wildman–Crippen MR) is 123 cm³/mol. The molecule has 1 spiro atoms. The normalized spacial score (nSPS) is 21.3. The van der Waals surface area contributed by atoms with Crippen LogP contribution in [0.1, 0.15) is 58.4 Å². The molecule has 32 heavy (non-hydrogen) atoms. The first-order valence-corrected chi connectivity index (χ1v) is 11.3. The zero-order chi connectivity index (χ0) is 23.0. The number of rotatable bonds is 4. The number of likely N-dealkylation sites (N-methyl/N-ethyl adjacent to an activating group) is 1. The fourth-order valence-corrected chi connectivity index (χ4v) is 4.90. The highest BCUT2D eigenvalue weighted by Gasteiger charge is 2.46. The van der Waals surface area contributed by atoms with Crippen molar-refractivity contribution in [2.75, 3.05) is 17.7 Å². The van der Waals surface area contributed by atoms with E-state index in [0.717, 1.165) is 54.4 Å². The van der Waals surface area contributed by atoms with Crippen molar-refractivity contribution in [3.05, 3.63) is 40.4 Å². The van der Waals surface area contributed by atoms with E-state index in [1.54, 1.807) is 12.3 Å². The summed E-state index contributed by atoms with van der Waals surface area (Å²) in [6.07, 6.45) is 8.22. The van der Waals surface area contributed by atoms with E-state index in [-0.39, 0.29) is 23.4 Å². The molecule has 1 aromatic heterocycles. The maximum atomic E-state index is 13.0. The number of allylic oxidation sites excluding steroid dienone is 3. The van der Waals surface area contributed by atoms with Crippen molar-refractivity contribution in [3.8, 4) is 0 Å². The molecule has 0 atom stereocenters. The molecule has 1 aliphatic carbocycles. The molecule has 0 aromatic carbocycles. The van der Waals surface area contributed by atoms with Crippen LogP contribution in [0.2, 0.25) is 0 Å². The van der Waals surface area contributed by atoms with Crippen LogP contribution >= 0.6 is 0 Å². The average Bonchev–Trinajstić information content (AvgIpc) is 3.01. The molecule has 1 saturated heterocycles. The van der Waals surface area contributed by atoms with Gasteiger partial charge in [0.2, 0.25) is 5.91 Å². The van der Waals surface area contributed by atoms with E-state index in [4.69, 9.17) is 0 Å². The third-order valence-electron chi connectivity index (χ3n) is 6.87. The van der Waals surface area contributed by atoms with Crippen LogP contribution in [0, 0.1) is 5.92 Å². The largest absolute Gasteiger partial charge is 0.352 e. The molecule has 170 valence electrons. The Bertz CT molecular complexity index is 1030. The molecule has 4 rings (SSSR count). The topological polar surface area (TPSA) is 103 Å². The van der Waals surface area contributed by atoms with E-state index < -0.39 is 0 Å². The number of nitrogens with zero attached hydrogens (tertiary/aromatic N) is 2. The van der Waals surface area contributed by atoms with E-state index in [2.05, 4.69) is 25.8 Å². The number of aromatic nitrogens is 1. The van der Waals surface area contributed by atoms with Gasteiger partial charge in [-0.2, -0.15) is 0 Å². The molecule has 8 heteroatoms. The number of aldehydes is 1. The van der Waals surface area contributed by atoms with Crippen LogP contribution in [0.25, 0.3) is 0 Å². The SMILES string of the molecule is C/C(C1=C(C=O)Nc2cc(NC(=O)C(C)C)ncc2C1)=C1\C(=O)NC2(CCCCC2)N1C. The summed E-state index contributed by atoms with van der Waals surface area (Å²) in [6.45, 7) is 5.54. The number of nitrogens with one attached hydrogen (secondary N) is 3. The van der Waals surface area contributed by atoms with E-state index in [1.807, 2.05) is 27.8 Å². The van der Waals surface area contributed by atoms with E-state index >= 15 is 0 Å². The highest BCUT2D eigenvalue weighted by Crippen LogP contribution is 2.40. The van der Waals surface area contributed by atoms with Crippen LogP contribution in [0.4, 0.5) is 11.5 Å². The molecule has 1 saturated carbocycles. The number of hydrogen-bond acceptors (Lipinski definition) is 6. The van der Waals surface area contributed by atoms with Gasteiger partial charge in [-0.1, -0.05) is 20.3 Å².